The fraction of sp³-hybridized carbons (Fsp3) is 0.231. The molecule has 0 radical (unpaired) electrons. The molecule has 2 rings (SSSR count). The Hall–Kier alpha value is -2.30. The molecule has 0 aliphatic rings. The van der Waals surface area contributed by atoms with E-state index < -0.39 is 0 Å². The Kier molecular flexibility index (Phi) is 3.62. The first-order valence-corrected chi connectivity index (χ1v) is 5.47. The van der Waals surface area contributed by atoms with Crippen LogP contribution in [0.4, 0.5) is 0 Å². The largest absolute Gasteiger partial charge is 0.497 e. The number of hydrogen-bond donors (Lipinski definition) is 0. The first kappa shape index (κ1) is 12.2. The highest BCUT2D eigenvalue weighted by Gasteiger charge is 2.06. The van der Waals surface area contributed by atoms with E-state index in [-0.39, 0.29) is 0 Å². The molecule has 0 saturated heterocycles. The Labute approximate surface area is 105 Å². The number of aryl methyl sites for hydroxylation is 1. The van der Waals surface area contributed by atoms with Gasteiger partial charge in [-0.05, 0) is 24.3 Å². The molecule has 0 unspecified atom stereocenters. The lowest BCUT2D eigenvalue weighted by molar-refractivity contribution is 0.111. The SMILES string of the molecule is COc1ccc(OCc2ccn(C)n2)c(C=O)c1. The zero-order chi connectivity index (χ0) is 13.0. The van der Waals surface area contributed by atoms with Gasteiger partial charge >= 0.3 is 0 Å². The van der Waals surface area contributed by atoms with Gasteiger partial charge in [-0.25, -0.2) is 0 Å². The summed E-state index contributed by atoms with van der Waals surface area (Å²) >= 11 is 0. The van der Waals surface area contributed by atoms with Crippen molar-refractivity contribution >= 4 is 6.29 Å². The lowest BCUT2D eigenvalue weighted by atomic mass is 10.2. The number of aromatic nitrogens is 2. The first-order valence-electron chi connectivity index (χ1n) is 5.47. The third kappa shape index (κ3) is 2.68. The molecule has 18 heavy (non-hydrogen) atoms. The van der Waals surface area contributed by atoms with Crippen LogP contribution in [0, 0.1) is 0 Å². The van der Waals surface area contributed by atoms with Crippen LogP contribution in [0.15, 0.2) is 30.5 Å². The van der Waals surface area contributed by atoms with Crippen LogP contribution in [0.2, 0.25) is 0 Å². The molecule has 0 N–H and O–H groups in total. The van der Waals surface area contributed by atoms with Crippen LogP contribution in [-0.4, -0.2) is 23.2 Å². The summed E-state index contributed by atoms with van der Waals surface area (Å²) in [4.78, 5) is 11.0. The summed E-state index contributed by atoms with van der Waals surface area (Å²) in [7, 11) is 3.39. The molecule has 0 aliphatic carbocycles. The van der Waals surface area contributed by atoms with Gasteiger partial charge in [-0.15, -0.1) is 0 Å². The first-order chi connectivity index (χ1) is 8.72. The standard InChI is InChI=1S/C13H14N2O3/c1-15-6-5-11(14-15)9-18-13-4-3-12(17-2)7-10(13)8-16/h3-8H,9H2,1-2H3. The maximum absolute atomic E-state index is 11.0. The topological polar surface area (TPSA) is 53.4 Å². The van der Waals surface area contributed by atoms with Crippen molar-refractivity contribution in [1.29, 1.82) is 0 Å². The molecule has 0 amide bonds. The summed E-state index contributed by atoms with van der Waals surface area (Å²) in [6.45, 7) is 0.327. The summed E-state index contributed by atoms with van der Waals surface area (Å²) in [5, 5.41) is 4.19. The Morgan fingerprint density at radius 2 is 2.22 bits per heavy atom. The Morgan fingerprint density at radius 3 is 2.83 bits per heavy atom. The number of rotatable bonds is 5. The summed E-state index contributed by atoms with van der Waals surface area (Å²) in [5.74, 6) is 1.15. The quantitative estimate of drug-likeness (QED) is 0.755. The zero-order valence-electron chi connectivity index (χ0n) is 10.3. The number of benzene rings is 1. The second-order valence-corrected chi connectivity index (χ2v) is 3.79. The van der Waals surface area contributed by atoms with Gasteiger partial charge in [0.1, 0.15) is 18.1 Å². The second kappa shape index (κ2) is 5.35. The fourth-order valence-electron chi connectivity index (χ4n) is 1.57. The van der Waals surface area contributed by atoms with Gasteiger partial charge in [0, 0.05) is 13.2 Å². The molecular formula is C13H14N2O3. The maximum Gasteiger partial charge on any atom is 0.153 e. The van der Waals surface area contributed by atoms with E-state index in [0.717, 1.165) is 12.0 Å². The van der Waals surface area contributed by atoms with E-state index in [0.29, 0.717) is 23.7 Å². The normalized spacial score (nSPS) is 10.1. The van der Waals surface area contributed by atoms with Crippen molar-refractivity contribution in [2.75, 3.05) is 7.11 Å². The maximum atomic E-state index is 11.0. The lowest BCUT2D eigenvalue weighted by Gasteiger charge is -2.08. The van der Waals surface area contributed by atoms with E-state index in [2.05, 4.69) is 5.10 Å². The predicted molar refractivity (Wildman–Crippen MR) is 65.9 cm³/mol. The van der Waals surface area contributed by atoms with Gasteiger partial charge < -0.3 is 9.47 Å². The van der Waals surface area contributed by atoms with Gasteiger partial charge in [0.25, 0.3) is 0 Å². The van der Waals surface area contributed by atoms with E-state index in [9.17, 15) is 4.79 Å². The predicted octanol–water partition coefficient (Wildman–Crippen LogP) is 1.82. The number of nitrogens with zero attached hydrogens (tertiary/aromatic N) is 2. The molecule has 2 aromatic rings. The number of hydrogen-bond acceptors (Lipinski definition) is 4. The minimum absolute atomic E-state index is 0.327. The fourth-order valence-corrected chi connectivity index (χ4v) is 1.57. The highest BCUT2D eigenvalue weighted by atomic mass is 16.5. The van der Waals surface area contributed by atoms with Crippen LogP contribution in [-0.2, 0) is 13.7 Å². The number of carbonyl (C=O) groups is 1. The van der Waals surface area contributed by atoms with Crippen LogP contribution in [0.5, 0.6) is 11.5 Å². The van der Waals surface area contributed by atoms with Gasteiger partial charge in [-0.2, -0.15) is 5.10 Å². The average molecular weight is 246 g/mol. The van der Waals surface area contributed by atoms with E-state index in [1.54, 1.807) is 30.0 Å². The summed E-state index contributed by atoms with van der Waals surface area (Å²) in [6, 6.07) is 6.97. The summed E-state index contributed by atoms with van der Waals surface area (Å²) in [6.07, 6.45) is 2.59. The highest BCUT2D eigenvalue weighted by Crippen LogP contribution is 2.23. The molecule has 0 atom stereocenters. The third-order valence-corrected chi connectivity index (χ3v) is 2.49. The third-order valence-electron chi connectivity index (χ3n) is 2.49. The number of ether oxygens (including phenoxy) is 2. The molecule has 0 fully saturated rings. The summed E-state index contributed by atoms with van der Waals surface area (Å²) in [5.41, 5.74) is 1.27. The van der Waals surface area contributed by atoms with Crippen LogP contribution in [0.3, 0.4) is 0 Å². The second-order valence-electron chi connectivity index (χ2n) is 3.79. The monoisotopic (exact) mass is 246 g/mol. The van der Waals surface area contributed by atoms with Crippen LogP contribution >= 0.6 is 0 Å². The van der Waals surface area contributed by atoms with E-state index in [1.165, 1.54) is 0 Å². The van der Waals surface area contributed by atoms with Gasteiger partial charge in [-0.1, -0.05) is 0 Å². The molecule has 1 aromatic heterocycles. The molecule has 0 aliphatic heterocycles. The van der Waals surface area contributed by atoms with E-state index >= 15 is 0 Å². The van der Waals surface area contributed by atoms with Gasteiger partial charge in [0.05, 0.1) is 18.4 Å². The van der Waals surface area contributed by atoms with Crippen LogP contribution in [0.1, 0.15) is 16.1 Å². The molecule has 1 heterocycles. The van der Waals surface area contributed by atoms with Crippen LogP contribution < -0.4 is 9.47 Å². The number of methoxy groups -OCH3 is 1. The zero-order valence-corrected chi connectivity index (χ0v) is 10.3. The molecule has 94 valence electrons. The molecule has 0 bridgehead atoms. The molecule has 0 spiro atoms. The molecule has 0 saturated carbocycles. The average Bonchev–Trinajstić information content (AvgIpc) is 2.82. The smallest absolute Gasteiger partial charge is 0.153 e. The van der Waals surface area contributed by atoms with Crippen molar-refractivity contribution in [2.45, 2.75) is 6.61 Å². The Morgan fingerprint density at radius 1 is 1.39 bits per heavy atom. The highest BCUT2D eigenvalue weighted by molar-refractivity contribution is 5.80. The number of aldehydes is 1. The van der Waals surface area contributed by atoms with Crippen molar-refractivity contribution in [1.82, 2.24) is 9.78 Å². The Bertz CT molecular complexity index is 549. The van der Waals surface area contributed by atoms with Crippen molar-refractivity contribution < 1.29 is 14.3 Å². The minimum Gasteiger partial charge on any atom is -0.497 e. The van der Waals surface area contributed by atoms with Crippen molar-refractivity contribution in [3.8, 4) is 11.5 Å². The molecular weight excluding hydrogens is 232 g/mol. The summed E-state index contributed by atoms with van der Waals surface area (Å²) < 4.78 is 12.3. The lowest BCUT2D eigenvalue weighted by Crippen LogP contribution is -2.00. The van der Waals surface area contributed by atoms with Crippen LogP contribution in [0.25, 0.3) is 0 Å². The van der Waals surface area contributed by atoms with E-state index in [1.807, 2.05) is 19.3 Å². The molecule has 5 heteroatoms. The molecule has 1 aromatic carbocycles. The van der Waals surface area contributed by atoms with Gasteiger partial charge in [0.2, 0.25) is 0 Å². The Balaban J connectivity index is 2.11. The van der Waals surface area contributed by atoms with Crippen molar-refractivity contribution in [3.63, 3.8) is 0 Å². The van der Waals surface area contributed by atoms with Crippen molar-refractivity contribution in [2.24, 2.45) is 7.05 Å². The van der Waals surface area contributed by atoms with Gasteiger partial charge in [0.15, 0.2) is 6.29 Å². The van der Waals surface area contributed by atoms with Crippen molar-refractivity contribution in [3.05, 3.63) is 41.7 Å². The molecule has 5 nitrogen and oxygen atoms in total. The van der Waals surface area contributed by atoms with Gasteiger partial charge in [-0.3, -0.25) is 9.48 Å². The number of carbonyl (C=O) groups excluding carboxylic acids is 1. The minimum atomic E-state index is 0.327. The van der Waals surface area contributed by atoms with E-state index in [4.69, 9.17) is 9.47 Å².